The molecule has 0 atom stereocenters. The van der Waals surface area contributed by atoms with E-state index in [1.165, 1.54) is 22.4 Å². The van der Waals surface area contributed by atoms with Crippen molar-refractivity contribution in [2.75, 3.05) is 6.54 Å². The molecule has 0 bridgehead atoms. The molecule has 2 aromatic rings. The third kappa shape index (κ3) is 2.39. The first-order valence-corrected chi connectivity index (χ1v) is 6.06. The Labute approximate surface area is 102 Å². The Kier molecular flexibility index (Phi) is 3.59. The van der Waals surface area contributed by atoms with Crippen LogP contribution >= 0.6 is 0 Å². The van der Waals surface area contributed by atoms with E-state index < -0.39 is 0 Å². The van der Waals surface area contributed by atoms with Gasteiger partial charge in [-0.25, -0.2) is 0 Å². The molecule has 0 radical (unpaired) electrons. The van der Waals surface area contributed by atoms with E-state index in [9.17, 15) is 0 Å². The third-order valence-electron chi connectivity index (χ3n) is 3.09. The maximum absolute atomic E-state index is 5.55. The van der Waals surface area contributed by atoms with Crippen molar-refractivity contribution < 1.29 is 0 Å². The molecule has 0 saturated heterocycles. The highest BCUT2D eigenvalue weighted by Crippen LogP contribution is 2.23. The monoisotopic (exact) mass is 229 g/mol. The summed E-state index contributed by atoms with van der Waals surface area (Å²) in [6.45, 7) is 2.86. The quantitative estimate of drug-likeness (QED) is 0.873. The lowest BCUT2D eigenvalue weighted by Gasteiger charge is -2.05. The normalized spacial score (nSPS) is 10.8. The van der Waals surface area contributed by atoms with Crippen LogP contribution in [0.4, 0.5) is 0 Å². The van der Waals surface area contributed by atoms with Crippen LogP contribution in [0.2, 0.25) is 0 Å². The van der Waals surface area contributed by atoms with E-state index in [2.05, 4.69) is 36.3 Å². The largest absolute Gasteiger partial charge is 0.330 e. The van der Waals surface area contributed by atoms with Crippen LogP contribution in [0.1, 0.15) is 18.2 Å². The van der Waals surface area contributed by atoms with Gasteiger partial charge < -0.3 is 5.73 Å². The Morgan fingerprint density at radius 2 is 1.94 bits per heavy atom. The standard InChI is InChI=1S/C14H19N3/c1-3-14-13(10-16-17(14)2)12-6-4-11(5-7-12)8-9-15/h4-7,10H,3,8-9,15H2,1-2H3. The fourth-order valence-electron chi connectivity index (χ4n) is 2.14. The molecular weight excluding hydrogens is 210 g/mol. The average Bonchev–Trinajstić information content (AvgIpc) is 2.72. The van der Waals surface area contributed by atoms with Crippen molar-refractivity contribution in [1.29, 1.82) is 0 Å². The van der Waals surface area contributed by atoms with Crippen molar-refractivity contribution in [2.45, 2.75) is 19.8 Å². The summed E-state index contributed by atoms with van der Waals surface area (Å²) in [6, 6.07) is 8.60. The van der Waals surface area contributed by atoms with Crippen LogP contribution < -0.4 is 5.73 Å². The first-order valence-electron chi connectivity index (χ1n) is 6.06. The molecule has 0 amide bonds. The van der Waals surface area contributed by atoms with E-state index in [0.717, 1.165) is 12.8 Å². The van der Waals surface area contributed by atoms with Gasteiger partial charge in [0.05, 0.1) is 6.20 Å². The summed E-state index contributed by atoms with van der Waals surface area (Å²) in [6.07, 6.45) is 3.88. The molecule has 1 aromatic carbocycles. The summed E-state index contributed by atoms with van der Waals surface area (Å²) in [5, 5.41) is 4.32. The van der Waals surface area contributed by atoms with Gasteiger partial charge in [0.1, 0.15) is 0 Å². The first kappa shape index (κ1) is 11.9. The Hall–Kier alpha value is -1.61. The van der Waals surface area contributed by atoms with Crippen molar-refractivity contribution in [3.63, 3.8) is 0 Å². The van der Waals surface area contributed by atoms with Crippen LogP contribution in [-0.4, -0.2) is 16.3 Å². The van der Waals surface area contributed by atoms with Crippen molar-refractivity contribution in [1.82, 2.24) is 9.78 Å². The molecule has 0 spiro atoms. The summed E-state index contributed by atoms with van der Waals surface area (Å²) in [5.41, 5.74) is 10.6. The molecule has 3 nitrogen and oxygen atoms in total. The maximum atomic E-state index is 5.55. The molecule has 2 rings (SSSR count). The lowest BCUT2D eigenvalue weighted by molar-refractivity contribution is 0.718. The number of aryl methyl sites for hydroxylation is 1. The lowest BCUT2D eigenvalue weighted by Crippen LogP contribution is -2.02. The van der Waals surface area contributed by atoms with Gasteiger partial charge in [-0.05, 0) is 30.5 Å². The lowest BCUT2D eigenvalue weighted by atomic mass is 10.0. The molecule has 3 heteroatoms. The second-order valence-corrected chi connectivity index (χ2v) is 4.22. The van der Waals surface area contributed by atoms with E-state index >= 15 is 0 Å². The van der Waals surface area contributed by atoms with Gasteiger partial charge in [0.2, 0.25) is 0 Å². The zero-order chi connectivity index (χ0) is 12.3. The van der Waals surface area contributed by atoms with Crippen LogP contribution in [0.5, 0.6) is 0 Å². The second kappa shape index (κ2) is 5.15. The zero-order valence-corrected chi connectivity index (χ0v) is 10.5. The van der Waals surface area contributed by atoms with Crippen molar-refractivity contribution >= 4 is 0 Å². The van der Waals surface area contributed by atoms with Gasteiger partial charge >= 0.3 is 0 Å². The van der Waals surface area contributed by atoms with Gasteiger partial charge in [-0.1, -0.05) is 31.2 Å². The minimum atomic E-state index is 0.701. The SMILES string of the molecule is CCc1c(-c2ccc(CCN)cc2)cnn1C. The summed E-state index contributed by atoms with van der Waals surface area (Å²) < 4.78 is 1.95. The number of benzene rings is 1. The van der Waals surface area contributed by atoms with Crippen molar-refractivity contribution in [3.8, 4) is 11.1 Å². The smallest absolute Gasteiger partial charge is 0.0571 e. The number of nitrogens with zero attached hydrogens (tertiary/aromatic N) is 2. The topological polar surface area (TPSA) is 43.8 Å². The van der Waals surface area contributed by atoms with Crippen molar-refractivity contribution in [2.24, 2.45) is 12.8 Å². The highest BCUT2D eigenvalue weighted by molar-refractivity contribution is 5.65. The molecule has 2 N–H and O–H groups in total. The summed E-state index contributed by atoms with van der Waals surface area (Å²) in [4.78, 5) is 0. The van der Waals surface area contributed by atoms with Gasteiger partial charge in [-0.3, -0.25) is 4.68 Å². The Bertz CT molecular complexity index is 483. The van der Waals surface area contributed by atoms with Gasteiger partial charge in [0.15, 0.2) is 0 Å². The number of nitrogens with two attached hydrogens (primary N) is 1. The van der Waals surface area contributed by atoms with Gasteiger partial charge in [0, 0.05) is 18.3 Å². The Balaban J connectivity index is 2.33. The van der Waals surface area contributed by atoms with Crippen molar-refractivity contribution in [3.05, 3.63) is 41.7 Å². The molecule has 0 fully saturated rings. The highest BCUT2D eigenvalue weighted by atomic mass is 15.3. The van der Waals surface area contributed by atoms with Crippen LogP contribution in [0.25, 0.3) is 11.1 Å². The third-order valence-corrected chi connectivity index (χ3v) is 3.09. The highest BCUT2D eigenvalue weighted by Gasteiger charge is 2.08. The molecule has 0 aliphatic rings. The Morgan fingerprint density at radius 1 is 1.24 bits per heavy atom. The van der Waals surface area contributed by atoms with E-state index in [0.29, 0.717) is 6.54 Å². The van der Waals surface area contributed by atoms with E-state index in [1.54, 1.807) is 0 Å². The fourth-order valence-corrected chi connectivity index (χ4v) is 2.14. The Morgan fingerprint density at radius 3 is 2.53 bits per heavy atom. The molecule has 90 valence electrons. The molecule has 1 aromatic heterocycles. The number of hydrogen-bond acceptors (Lipinski definition) is 2. The van der Waals surface area contributed by atoms with Gasteiger partial charge in [-0.2, -0.15) is 5.10 Å². The summed E-state index contributed by atoms with van der Waals surface area (Å²) >= 11 is 0. The van der Waals surface area contributed by atoms with Gasteiger partial charge in [0.25, 0.3) is 0 Å². The van der Waals surface area contributed by atoms with Crippen LogP contribution in [-0.2, 0) is 19.9 Å². The summed E-state index contributed by atoms with van der Waals surface area (Å²) in [7, 11) is 1.99. The molecule has 0 aliphatic carbocycles. The van der Waals surface area contributed by atoms with E-state index in [-0.39, 0.29) is 0 Å². The minimum absolute atomic E-state index is 0.701. The summed E-state index contributed by atoms with van der Waals surface area (Å²) in [5.74, 6) is 0. The maximum Gasteiger partial charge on any atom is 0.0571 e. The molecule has 0 aliphatic heterocycles. The van der Waals surface area contributed by atoms with E-state index in [4.69, 9.17) is 5.73 Å². The number of hydrogen-bond donors (Lipinski definition) is 1. The number of rotatable bonds is 4. The number of aromatic nitrogens is 2. The molecule has 17 heavy (non-hydrogen) atoms. The predicted molar refractivity (Wildman–Crippen MR) is 70.8 cm³/mol. The zero-order valence-electron chi connectivity index (χ0n) is 10.5. The van der Waals surface area contributed by atoms with Gasteiger partial charge in [-0.15, -0.1) is 0 Å². The van der Waals surface area contributed by atoms with Crippen LogP contribution in [0, 0.1) is 0 Å². The predicted octanol–water partition coefficient (Wildman–Crippen LogP) is 2.15. The van der Waals surface area contributed by atoms with E-state index in [1.807, 2.05) is 17.9 Å². The first-order chi connectivity index (χ1) is 8.26. The minimum Gasteiger partial charge on any atom is -0.330 e. The van der Waals surface area contributed by atoms with Crippen LogP contribution in [0.15, 0.2) is 30.5 Å². The second-order valence-electron chi connectivity index (χ2n) is 4.22. The average molecular weight is 229 g/mol. The fraction of sp³-hybridized carbons (Fsp3) is 0.357. The molecule has 1 heterocycles. The molecular formula is C14H19N3. The molecule has 0 unspecified atom stereocenters. The molecule has 0 saturated carbocycles. The van der Waals surface area contributed by atoms with Crippen LogP contribution in [0.3, 0.4) is 0 Å².